The van der Waals surface area contributed by atoms with Gasteiger partial charge in [0.15, 0.2) is 0 Å². The lowest BCUT2D eigenvalue weighted by Crippen LogP contribution is -1.84. The predicted octanol–water partition coefficient (Wildman–Crippen LogP) is 3.91. The summed E-state index contributed by atoms with van der Waals surface area (Å²) in [6.45, 7) is 2.11. The lowest BCUT2D eigenvalue weighted by Gasteiger charge is -2.03. The maximum atomic E-state index is 9.62. The lowest BCUT2D eigenvalue weighted by atomic mass is 10.1. The maximum absolute atomic E-state index is 9.62. The number of hydrogen-bond acceptors (Lipinski definition) is 2. The first-order valence-electron chi connectivity index (χ1n) is 4.54. The van der Waals surface area contributed by atoms with Gasteiger partial charge in [-0.25, -0.2) is 0 Å². The largest absolute Gasteiger partial charge is 0.506 e. The molecular weight excluding hydrogens is 216 g/mol. The summed E-state index contributed by atoms with van der Waals surface area (Å²) in [6.07, 6.45) is 0.973. The van der Waals surface area contributed by atoms with Crippen LogP contribution in [0.2, 0.25) is 0 Å². The summed E-state index contributed by atoms with van der Waals surface area (Å²) in [5, 5.41) is 12.3. The molecule has 0 aliphatic rings. The van der Waals surface area contributed by atoms with Crippen molar-refractivity contribution in [1.29, 1.82) is 0 Å². The fourth-order valence-corrected chi connectivity index (χ4v) is 2.76. The summed E-state index contributed by atoms with van der Waals surface area (Å²) in [6, 6.07) is 4.08. The van der Waals surface area contributed by atoms with Gasteiger partial charge in [-0.3, -0.25) is 0 Å². The molecule has 3 heteroatoms. The Labute approximate surface area is 91.9 Å². The Kier molecular flexibility index (Phi) is 2.66. The fourth-order valence-electron chi connectivity index (χ4n) is 1.60. The smallest absolute Gasteiger partial charge is 0.134 e. The number of aromatic hydroxyl groups is 1. The van der Waals surface area contributed by atoms with Gasteiger partial charge in [0.25, 0.3) is 0 Å². The molecule has 0 aliphatic carbocycles. The van der Waals surface area contributed by atoms with Crippen molar-refractivity contribution < 1.29 is 5.11 Å². The molecular formula is C11H11ClOS. The topological polar surface area (TPSA) is 20.2 Å². The van der Waals surface area contributed by atoms with E-state index in [-0.39, 0.29) is 0 Å². The Morgan fingerprint density at radius 1 is 1.43 bits per heavy atom. The summed E-state index contributed by atoms with van der Waals surface area (Å²) in [7, 11) is 0. The van der Waals surface area contributed by atoms with Crippen molar-refractivity contribution in [2.45, 2.75) is 19.2 Å². The zero-order valence-electron chi connectivity index (χ0n) is 7.88. The quantitative estimate of drug-likeness (QED) is 0.770. The van der Waals surface area contributed by atoms with Gasteiger partial charge in [0.05, 0.1) is 0 Å². The number of thiophene rings is 1. The number of aryl methyl sites for hydroxylation is 1. The molecule has 0 unspecified atom stereocenters. The number of alkyl halides is 1. The van der Waals surface area contributed by atoms with Crippen molar-refractivity contribution >= 4 is 33.0 Å². The first kappa shape index (κ1) is 9.81. The maximum Gasteiger partial charge on any atom is 0.134 e. The van der Waals surface area contributed by atoms with Crippen LogP contribution in [0.25, 0.3) is 10.1 Å². The van der Waals surface area contributed by atoms with E-state index in [1.165, 1.54) is 10.3 Å². The molecule has 1 heterocycles. The molecule has 0 radical (unpaired) electrons. The van der Waals surface area contributed by atoms with Gasteiger partial charge in [-0.15, -0.1) is 22.9 Å². The molecule has 1 N–H and O–H groups in total. The van der Waals surface area contributed by atoms with E-state index in [4.69, 9.17) is 11.6 Å². The highest BCUT2D eigenvalue weighted by Gasteiger charge is 2.07. The van der Waals surface area contributed by atoms with Gasteiger partial charge in [0.1, 0.15) is 5.75 Å². The molecule has 14 heavy (non-hydrogen) atoms. The van der Waals surface area contributed by atoms with Crippen molar-refractivity contribution in [3.05, 3.63) is 28.6 Å². The first-order valence-corrected chi connectivity index (χ1v) is 5.95. The predicted molar refractivity (Wildman–Crippen MR) is 62.4 cm³/mol. The van der Waals surface area contributed by atoms with E-state index in [2.05, 4.69) is 13.0 Å². The number of halogens is 1. The highest BCUT2D eigenvalue weighted by molar-refractivity contribution is 7.17. The highest BCUT2D eigenvalue weighted by atomic mass is 35.5. The molecule has 1 aromatic carbocycles. The van der Waals surface area contributed by atoms with Crippen molar-refractivity contribution in [1.82, 2.24) is 0 Å². The lowest BCUT2D eigenvalue weighted by molar-refractivity contribution is 0.483. The summed E-state index contributed by atoms with van der Waals surface area (Å²) in [5.41, 5.74) is 2.34. The Hall–Kier alpha value is -0.730. The van der Waals surface area contributed by atoms with E-state index in [1.807, 2.05) is 6.07 Å². The molecule has 0 aliphatic heterocycles. The van der Waals surface area contributed by atoms with Gasteiger partial charge in [-0.1, -0.05) is 13.0 Å². The molecule has 1 aromatic heterocycles. The van der Waals surface area contributed by atoms with Crippen LogP contribution >= 0.6 is 22.9 Å². The summed E-state index contributed by atoms with van der Waals surface area (Å²) in [4.78, 5) is 0. The molecule has 0 bridgehead atoms. The Morgan fingerprint density at radius 3 is 2.86 bits per heavy atom. The van der Waals surface area contributed by atoms with Crippen LogP contribution in [0.3, 0.4) is 0 Å². The minimum Gasteiger partial charge on any atom is -0.506 e. The number of benzene rings is 1. The van der Waals surface area contributed by atoms with Crippen LogP contribution in [0.1, 0.15) is 18.1 Å². The van der Waals surface area contributed by atoms with Crippen molar-refractivity contribution in [2.75, 3.05) is 0 Å². The van der Waals surface area contributed by atoms with Crippen LogP contribution in [-0.2, 0) is 12.3 Å². The summed E-state index contributed by atoms with van der Waals surface area (Å²) < 4.78 is 1.18. The van der Waals surface area contributed by atoms with Crippen molar-refractivity contribution in [2.24, 2.45) is 0 Å². The Morgan fingerprint density at radius 2 is 2.21 bits per heavy atom. The summed E-state index contributed by atoms with van der Waals surface area (Å²) in [5.74, 6) is 0.866. The molecule has 0 atom stereocenters. The van der Waals surface area contributed by atoms with Gasteiger partial charge in [0, 0.05) is 21.3 Å². The zero-order valence-corrected chi connectivity index (χ0v) is 9.45. The fraction of sp³-hybridized carbons (Fsp3) is 0.273. The van der Waals surface area contributed by atoms with Crippen LogP contribution in [0.5, 0.6) is 5.75 Å². The average molecular weight is 227 g/mol. The van der Waals surface area contributed by atoms with Crippen molar-refractivity contribution in [3.8, 4) is 5.75 Å². The standard InChI is InChI=1S/C11H11ClOS/c1-2-8-3-7(5-12)4-9-10(13)6-14-11(8)9/h3-4,6,13H,2,5H2,1H3. The van der Waals surface area contributed by atoms with Gasteiger partial charge in [-0.2, -0.15) is 0 Å². The molecule has 2 rings (SSSR count). The van der Waals surface area contributed by atoms with Gasteiger partial charge < -0.3 is 5.11 Å². The minimum absolute atomic E-state index is 0.367. The van der Waals surface area contributed by atoms with Crippen LogP contribution in [0, 0.1) is 0 Å². The molecule has 0 saturated carbocycles. The van der Waals surface area contributed by atoms with E-state index in [0.717, 1.165) is 17.4 Å². The first-order chi connectivity index (χ1) is 6.76. The second-order valence-electron chi connectivity index (χ2n) is 3.24. The molecule has 0 amide bonds. The third kappa shape index (κ3) is 1.49. The van der Waals surface area contributed by atoms with E-state index in [1.54, 1.807) is 16.7 Å². The highest BCUT2D eigenvalue weighted by Crippen LogP contribution is 2.35. The SMILES string of the molecule is CCc1cc(CCl)cc2c(O)csc12. The number of rotatable bonds is 2. The van der Waals surface area contributed by atoms with Gasteiger partial charge >= 0.3 is 0 Å². The van der Waals surface area contributed by atoms with Gasteiger partial charge in [-0.05, 0) is 23.6 Å². The van der Waals surface area contributed by atoms with Crippen LogP contribution in [0.4, 0.5) is 0 Å². The molecule has 74 valence electrons. The normalized spacial score (nSPS) is 11.0. The molecule has 1 nitrogen and oxygen atoms in total. The number of hydrogen-bond donors (Lipinski definition) is 1. The van der Waals surface area contributed by atoms with E-state index in [9.17, 15) is 5.11 Å². The van der Waals surface area contributed by atoms with Crippen LogP contribution < -0.4 is 0 Å². The second-order valence-corrected chi connectivity index (χ2v) is 4.39. The third-order valence-corrected chi connectivity index (χ3v) is 3.69. The van der Waals surface area contributed by atoms with E-state index < -0.39 is 0 Å². The molecule has 0 fully saturated rings. The van der Waals surface area contributed by atoms with Crippen LogP contribution in [-0.4, -0.2) is 5.11 Å². The molecule has 2 aromatic rings. The second kappa shape index (κ2) is 3.79. The minimum atomic E-state index is 0.367. The Balaban J connectivity index is 2.76. The van der Waals surface area contributed by atoms with E-state index >= 15 is 0 Å². The monoisotopic (exact) mass is 226 g/mol. The number of fused-ring (bicyclic) bond motifs is 1. The molecule has 0 saturated heterocycles. The van der Waals surface area contributed by atoms with Crippen LogP contribution in [0.15, 0.2) is 17.5 Å². The van der Waals surface area contributed by atoms with Gasteiger partial charge in [0.2, 0.25) is 0 Å². The van der Waals surface area contributed by atoms with Crippen molar-refractivity contribution in [3.63, 3.8) is 0 Å². The van der Waals surface area contributed by atoms with E-state index in [0.29, 0.717) is 11.6 Å². The third-order valence-electron chi connectivity index (χ3n) is 2.33. The Bertz CT molecular complexity index is 462. The average Bonchev–Trinajstić information content (AvgIpc) is 2.59. The summed E-state index contributed by atoms with van der Waals surface area (Å²) >= 11 is 7.39. The molecule has 0 spiro atoms. The zero-order chi connectivity index (χ0) is 10.1.